The highest BCUT2D eigenvalue weighted by Crippen LogP contribution is 2.33. The first-order valence-corrected chi connectivity index (χ1v) is 6.98. The van der Waals surface area contributed by atoms with Crippen molar-refractivity contribution < 1.29 is 9.34 Å². The summed E-state index contributed by atoms with van der Waals surface area (Å²) in [5, 5.41) is 19.3. The van der Waals surface area contributed by atoms with Crippen molar-refractivity contribution in [3.05, 3.63) is 45.8 Å². The molecule has 0 aromatic carbocycles. The molecule has 2 N–H and O–H groups in total. The quantitative estimate of drug-likeness (QED) is 0.436. The zero-order valence-corrected chi connectivity index (χ0v) is 12.3. The molecule has 0 fully saturated rings. The van der Waals surface area contributed by atoms with Gasteiger partial charge < -0.3 is 10.3 Å². The van der Waals surface area contributed by atoms with Crippen LogP contribution in [0.25, 0.3) is 11.6 Å². The molecule has 0 aliphatic carbocycles. The van der Waals surface area contributed by atoms with Gasteiger partial charge in [0.15, 0.2) is 5.76 Å². The second kappa shape index (κ2) is 5.66. The third kappa shape index (κ3) is 2.61. The molecule has 22 heavy (non-hydrogen) atoms. The molecular weight excluding hydrogens is 332 g/mol. The van der Waals surface area contributed by atoms with Gasteiger partial charge in [0.05, 0.1) is 16.2 Å². The van der Waals surface area contributed by atoms with Gasteiger partial charge in [0.2, 0.25) is 11.0 Å². The first kappa shape index (κ1) is 14.4. The second-order valence-electron chi connectivity index (χ2n) is 3.99. The standard InChI is InChI=1S/C11H7ClN6O3S/c12-7-4-6(18(19)20)5-14-10(7)22-11-16-15-9(17(11)13)8-2-1-3-21-8/h1-5H,13H2. The predicted molar refractivity (Wildman–Crippen MR) is 77.9 cm³/mol. The van der Waals surface area contributed by atoms with E-state index >= 15 is 0 Å². The van der Waals surface area contributed by atoms with Crippen molar-refractivity contribution in [1.82, 2.24) is 19.9 Å². The molecule has 0 atom stereocenters. The van der Waals surface area contributed by atoms with Crippen LogP contribution in [0, 0.1) is 10.1 Å². The molecular formula is C11H7ClN6O3S. The van der Waals surface area contributed by atoms with Gasteiger partial charge in [0.1, 0.15) is 11.2 Å². The molecule has 0 bridgehead atoms. The van der Waals surface area contributed by atoms with Crippen LogP contribution in [0.1, 0.15) is 0 Å². The number of nitrogen functional groups attached to an aromatic ring is 1. The van der Waals surface area contributed by atoms with Gasteiger partial charge in [-0.15, -0.1) is 10.2 Å². The predicted octanol–water partition coefficient (Wildman–Crippen LogP) is 2.36. The summed E-state index contributed by atoms with van der Waals surface area (Å²) in [6.45, 7) is 0. The molecule has 9 nitrogen and oxygen atoms in total. The van der Waals surface area contributed by atoms with Gasteiger partial charge in [-0.3, -0.25) is 10.1 Å². The highest BCUT2D eigenvalue weighted by Gasteiger charge is 2.18. The topological polar surface area (TPSA) is 126 Å². The van der Waals surface area contributed by atoms with Crippen LogP contribution in [-0.4, -0.2) is 24.8 Å². The molecule has 0 spiro atoms. The maximum Gasteiger partial charge on any atom is 0.289 e. The van der Waals surface area contributed by atoms with Crippen LogP contribution in [0.15, 0.2) is 45.3 Å². The molecule has 0 radical (unpaired) electrons. The number of nitrogens with two attached hydrogens (primary N) is 1. The summed E-state index contributed by atoms with van der Waals surface area (Å²) >= 11 is 7.01. The molecule has 0 aliphatic rings. The van der Waals surface area contributed by atoms with Gasteiger partial charge in [0.25, 0.3) is 5.69 Å². The third-order valence-electron chi connectivity index (χ3n) is 2.60. The van der Waals surface area contributed by atoms with Gasteiger partial charge in [-0.05, 0) is 23.9 Å². The minimum absolute atomic E-state index is 0.127. The first-order valence-electron chi connectivity index (χ1n) is 5.78. The Bertz CT molecular complexity index is 834. The minimum Gasteiger partial charge on any atom is -0.461 e. The van der Waals surface area contributed by atoms with Crippen LogP contribution in [-0.2, 0) is 0 Å². The van der Waals surface area contributed by atoms with Crippen molar-refractivity contribution in [3.63, 3.8) is 0 Å². The van der Waals surface area contributed by atoms with Crippen LogP contribution < -0.4 is 5.84 Å². The number of aromatic nitrogens is 4. The van der Waals surface area contributed by atoms with Gasteiger partial charge >= 0.3 is 0 Å². The molecule has 112 valence electrons. The summed E-state index contributed by atoms with van der Waals surface area (Å²) in [7, 11) is 0. The minimum atomic E-state index is -0.576. The average molecular weight is 339 g/mol. The highest BCUT2D eigenvalue weighted by atomic mass is 35.5. The fraction of sp³-hybridized carbons (Fsp3) is 0. The molecule has 0 saturated heterocycles. The lowest BCUT2D eigenvalue weighted by molar-refractivity contribution is -0.385. The van der Waals surface area contributed by atoms with E-state index in [1.54, 1.807) is 12.1 Å². The SMILES string of the molecule is Nn1c(Sc2ncc([N+](=O)[O-])cc2Cl)nnc1-c1ccco1. The molecule has 11 heteroatoms. The number of hydrogen-bond acceptors (Lipinski definition) is 8. The van der Waals surface area contributed by atoms with Crippen molar-refractivity contribution >= 4 is 29.1 Å². The third-order valence-corrected chi connectivity index (χ3v) is 3.98. The van der Waals surface area contributed by atoms with Crippen molar-refractivity contribution in [2.75, 3.05) is 5.84 Å². The van der Waals surface area contributed by atoms with E-state index in [-0.39, 0.29) is 10.7 Å². The Morgan fingerprint density at radius 1 is 1.45 bits per heavy atom. The lowest BCUT2D eigenvalue weighted by Crippen LogP contribution is -2.11. The van der Waals surface area contributed by atoms with Crippen LogP contribution in [0.3, 0.4) is 0 Å². The van der Waals surface area contributed by atoms with E-state index < -0.39 is 4.92 Å². The molecule has 3 heterocycles. The summed E-state index contributed by atoms with van der Waals surface area (Å²) in [5.74, 6) is 6.70. The Hall–Kier alpha value is -2.59. The number of nitro groups is 1. The number of pyridine rings is 1. The van der Waals surface area contributed by atoms with E-state index in [0.717, 1.165) is 18.0 Å². The summed E-state index contributed by atoms with van der Waals surface area (Å²) in [6.07, 6.45) is 2.60. The summed E-state index contributed by atoms with van der Waals surface area (Å²) in [6, 6.07) is 4.60. The average Bonchev–Trinajstić information content (AvgIpc) is 3.11. The van der Waals surface area contributed by atoms with E-state index in [1.165, 1.54) is 17.0 Å². The van der Waals surface area contributed by atoms with Crippen molar-refractivity contribution in [3.8, 4) is 11.6 Å². The lowest BCUT2D eigenvalue weighted by Gasteiger charge is -2.03. The second-order valence-corrected chi connectivity index (χ2v) is 5.36. The summed E-state index contributed by atoms with van der Waals surface area (Å²) in [4.78, 5) is 14.0. The Labute approximate surface area is 132 Å². The van der Waals surface area contributed by atoms with E-state index in [0.29, 0.717) is 21.8 Å². The lowest BCUT2D eigenvalue weighted by atomic mass is 10.4. The molecule has 0 unspecified atom stereocenters. The van der Waals surface area contributed by atoms with Gasteiger partial charge in [-0.25, -0.2) is 9.66 Å². The first-order chi connectivity index (χ1) is 10.6. The van der Waals surface area contributed by atoms with Gasteiger partial charge in [-0.2, -0.15) is 0 Å². The summed E-state index contributed by atoms with van der Waals surface area (Å²) in [5.41, 5.74) is -0.195. The number of hydrogen-bond donors (Lipinski definition) is 1. The highest BCUT2D eigenvalue weighted by molar-refractivity contribution is 7.99. The maximum absolute atomic E-state index is 10.7. The Morgan fingerprint density at radius 3 is 2.91 bits per heavy atom. The molecule has 0 saturated carbocycles. The van der Waals surface area contributed by atoms with Crippen molar-refractivity contribution in [2.24, 2.45) is 0 Å². The smallest absolute Gasteiger partial charge is 0.289 e. The van der Waals surface area contributed by atoms with Gasteiger partial charge in [-0.1, -0.05) is 11.6 Å². The van der Waals surface area contributed by atoms with Crippen molar-refractivity contribution in [2.45, 2.75) is 10.2 Å². The number of halogens is 1. The Morgan fingerprint density at radius 2 is 2.27 bits per heavy atom. The van der Waals surface area contributed by atoms with E-state index in [4.69, 9.17) is 21.9 Å². The molecule has 0 amide bonds. The van der Waals surface area contributed by atoms with Crippen LogP contribution >= 0.6 is 23.4 Å². The Kier molecular flexibility index (Phi) is 3.69. The number of nitrogens with zero attached hydrogens (tertiary/aromatic N) is 5. The summed E-state index contributed by atoms with van der Waals surface area (Å²) < 4.78 is 6.43. The fourth-order valence-electron chi connectivity index (χ4n) is 1.60. The molecule has 3 rings (SSSR count). The monoisotopic (exact) mass is 338 g/mol. The van der Waals surface area contributed by atoms with Crippen LogP contribution in [0.4, 0.5) is 5.69 Å². The molecule has 3 aromatic rings. The van der Waals surface area contributed by atoms with Crippen molar-refractivity contribution in [1.29, 1.82) is 0 Å². The normalized spacial score (nSPS) is 10.8. The van der Waals surface area contributed by atoms with E-state index in [2.05, 4.69) is 15.2 Å². The number of furan rings is 1. The zero-order chi connectivity index (χ0) is 15.7. The van der Waals surface area contributed by atoms with Gasteiger partial charge in [0, 0.05) is 6.07 Å². The maximum atomic E-state index is 10.7. The van der Waals surface area contributed by atoms with E-state index in [1.807, 2.05) is 0 Å². The van der Waals surface area contributed by atoms with Crippen LogP contribution in [0.2, 0.25) is 5.02 Å². The number of rotatable bonds is 4. The fourth-order valence-corrected chi connectivity index (χ4v) is 2.57. The van der Waals surface area contributed by atoms with E-state index in [9.17, 15) is 10.1 Å². The Balaban J connectivity index is 1.90. The molecule has 0 aliphatic heterocycles. The largest absolute Gasteiger partial charge is 0.461 e. The van der Waals surface area contributed by atoms with Crippen LogP contribution in [0.5, 0.6) is 0 Å². The zero-order valence-electron chi connectivity index (χ0n) is 10.7. The molecule has 3 aromatic heterocycles.